The number of benzene rings is 2. The zero-order chi connectivity index (χ0) is 19.6. The minimum Gasteiger partial charge on any atom is -0.489 e. The van der Waals surface area contributed by atoms with E-state index < -0.39 is 0 Å². The molecule has 0 aliphatic carbocycles. The molecule has 138 valence electrons. The number of ketones is 1. The summed E-state index contributed by atoms with van der Waals surface area (Å²) in [6, 6.07) is 19.9. The molecule has 3 rings (SSSR count). The van der Waals surface area contributed by atoms with Crippen LogP contribution in [-0.4, -0.2) is 17.4 Å². The highest BCUT2D eigenvalue weighted by Gasteiger charge is 2.02. The van der Waals surface area contributed by atoms with Gasteiger partial charge < -0.3 is 9.47 Å². The predicted octanol–water partition coefficient (Wildman–Crippen LogP) is 4.46. The third kappa shape index (κ3) is 5.55. The molecular formula is C23H18N2O3. The number of carbonyl (C=O) groups excluding carboxylic acids is 1. The number of hydrogen-bond donors (Lipinski definition) is 0. The molecule has 0 spiro atoms. The number of ether oxygens (including phenoxy) is 2. The van der Waals surface area contributed by atoms with Crippen molar-refractivity contribution in [3.63, 3.8) is 0 Å². The lowest BCUT2D eigenvalue weighted by molar-refractivity contribution is 0.104. The van der Waals surface area contributed by atoms with Gasteiger partial charge in [0.15, 0.2) is 12.4 Å². The van der Waals surface area contributed by atoms with E-state index in [1.165, 1.54) is 6.08 Å². The lowest BCUT2D eigenvalue weighted by Gasteiger charge is -2.06. The van der Waals surface area contributed by atoms with Crippen LogP contribution in [0.15, 0.2) is 79.1 Å². The van der Waals surface area contributed by atoms with Gasteiger partial charge in [-0.2, -0.15) is 5.26 Å². The summed E-state index contributed by atoms with van der Waals surface area (Å²) in [4.78, 5) is 16.2. The van der Waals surface area contributed by atoms with Gasteiger partial charge in [-0.3, -0.25) is 9.78 Å². The molecule has 0 amide bonds. The van der Waals surface area contributed by atoms with Crippen LogP contribution in [0.2, 0.25) is 0 Å². The highest BCUT2D eigenvalue weighted by atomic mass is 16.5. The van der Waals surface area contributed by atoms with Crippen LogP contribution in [0, 0.1) is 11.3 Å². The first-order valence-corrected chi connectivity index (χ1v) is 8.68. The molecular weight excluding hydrogens is 352 g/mol. The normalized spacial score (nSPS) is 10.4. The molecule has 0 radical (unpaired) electrons. The van der Waals surface area contributed by atoms with Gasteiger partial charge in [-0.25, -0.2) is 0 Å². The molecule has 3 aromatic rings. The molecule has 5 heteroatoms. The Morgan fingerprint density at radius 3 is 2.25 bits per heavy atom. The van der Waals surface area contributed by atoms with Gasteiger partial charge in [0.05, 0.1) is 0 Å². The van der Waals surface area contributed by atoms with Gasteiger partial charge >= 0.3 is 0 Å². The van der Waals surface area contributed by atoms with E-state index in [-0.39, 0.29) is 12.4 Å². The SMILES string of the molecule is N#CCOc1ccc(C(=O)/C=C/c2ccc(OCc3ccncc3)cc2)cc1. The summed E-state index contributed by atoms with van der Waals surface area (Å²) in [5.41, 5.74) is 2.50. The third-order valence-corrected chi connectivity index (χ3v) is 3.90. The number of rotatable bonds is 8. The predicted molar refractivity (Wildman–Crippen MR) is 106 cm³/mol. The highest BCUT2D eigenvalue weighted by molar-refractivity contribution is 6.06. The van der Waals surface area contributed by atoms with Crippen molar-refractivity contribution in [3.05, 3.63) is 95.8 Å². The molecule has 0 N–H and O–H groups in total. The Balaban J connectivity index is 1.55. The molecule has 5 nitrogen and oxygen atoms in total. The first-order chi connectivity index (χ1) is 13.7. The Bertz CT molecular complexity index is 973. The summed E-state index contributed by atoms with van der Waals surface area (Å²) in [5.74, 6) is 1.21. The Morgan fingerprint density at radius 1 is 0.929 bits per heavy atom. The number of pyridine rings is 1. The van der Waals surface area contributed by atoms with Crippen molar-refractivity contribution in [2.75, 3.05) is 6.61 Å². The van der Waals surface area contributed by atoms with Gasteiger partial charge in [0.2, 0.25) is 0 Å². The number of nitriles is 1. The maximum Gasteiger partial charge on any atom is 0.185 e. The summed E-state index contributed by atoms with van der Waals surface area (Å²) >= 11 is 0. The van der Waals surface area contributed by atoms with Crippen molar-refractivity contribution in [1.29, 1.82) is 5.26 Å². The van der Waals surface area contributed by atoms with Gasteiger partial charge in [-0.15, -0.1) is 0 Å². The first kappa shape index (κ1) is 18.9. The molecule has 1 heterocycles. The van der Waals surface area contributed by atoms with Crippen LogP contribution in [0.3, 0.4) is 0 Å². The number of nitrogens with zero attached hydrogens (tertiary/aromatic N) is 2. The number of carbonyl (C=O) groups is 1. The number of allylic oxidation sites excluding steroid dienone is 1. The lowest BCUT2D eigenvalue weighted by Crippen LogP contribution is -1.96. The second-order valence-corrected chi connectivity index (χ2v) is 5.88. The molecule has 0 saturated heterocycles. The minimum atomic E-state index is -0.107. The second kappa shape index (κ2) is 9.70. The highest BCUT2D eigenvalue weighted by Crippen LogP contribution is 2.16. The fourth-order valence-electron chi connectivity index (χ4n) is 2.42. The van der Waals surface area contributed by atoms with E-state index in [1.807, 2.05) is 42.5 Å². The molecule has 28 heavy (non-hydrogen) atoms. The summed E-state index contributed by atoms with van der Waals surface area (Å²) < 4.78 is 10.9. The van der Waals surface area contributed by atoms with E-state index in [4.69, 9.17) is 14.7 Å². The van der Waals surface area contributed by atoms with Gasteiger partial charge in [0, 0.05) is 18.0 Å². The van der Waals surface area contributed by atoms with Crippen molar-refractivity contribution in [3.8, 4) is 17.6 Å². The molecule has 2 aromatic carbocycles. The quantitative estimate of drug-likeness (QED) is 0.432. The largest absolute Gasteiger partial charge is 0.489 e. The average molecular weight is 370 g/mol. The fraction of sp³-hybridized carbons (Fsp3) is 0.0870. The maximum atomic E-state index is 12.3. The van der Waals surface area contributed by atoms with E-state index >= 15 is 0 Å². The van der Waals surface area contributed by atoms with Crippen LogP contribution in [-0.2, 0) is 6.61 Å². The minimum absolute atomic E-state index is 0.0184. The molecule has 0 aliphatic heterocycles. The summed E-state index contributed by atoms with van der Waals surface area (Å²) in [5, 5.41) is 8.50. The van der Waals surface area contributed by atoms with Crippen molar-refractivity contribution in [2.24, 2.45) is 0 Å². The zero-order valence-corrected chi connectivity index (χ0v) is 15.1. The Kier molecular flexibility index (Phi) is 6.53. The topological polar surface area (TPSA) is 72.2 Å². The van der Waals surface area contributed by atoms with Crippen LogP contribution in [0.25, 0.3) is 6.08 Å². The van der Waals surface area contributed by atoms with E-state index in [2.05, 4.69) is 4.98 Å². The van der Waals surface area contributed by atoms with Crippen LogP contribution in [0.5, 0.6) is 11.5 Å². The molecule has 0 bridgehead atoms. The van der Waals surface area contributed by atoms with Crippen LogP contribution >= 0.6 is 0 Å². The van der Waals surface area contributed by atoms with Crippen molar-refractivity contribution < 1.29 is 14.3 Å². The van der Waals surface area contributed by atoms with Crippen molar-refractivity contribution >= 4 is 11.9 Å². The molecule has 1 aromatic heterocycles. The Hall–Kier alpha value is -3.91. The lowest BCUT2D eigenvalue weighted by atomic mass is 10.1. The van der Waals surface area contributed by atoms with Gasteiger partial charge in [-0.1, -0.05) is 18.2 Å². The van der Waals surface area contributed by atoms with Crippen LogP contribution < -0.4 is 9.47 Å². The molecule has 0 unspecified atom stereocenters. The number of hydrogen-bond acceptors (Lipinski definition) is 5. The van der Waals surface area contributed by atoms with Crippen molar-refractivity contribution in [1.82, 2.24) is 4.98 Å². The molecule has 0 fully saturated rings. The van der Waals surface area contributed by atoms with Crippen molar-refractivity contribution in [2.45, 2.75) is 6.61 Å². The van der Waals surface area contributed by atoms with Gasteiger partial charge in [0.1, 0.15) is 24.2 Å². The average Bonchev–Trinajstić information content (AvgIpc) is 2.76. The third-order valence-electron chi connectivity index (χ3n) is 3.90. The monoisotopic (exact) mass is 370 g/mol. The summed E-state index contributed by atoms with van der Waals surface area (Å²) in [7, 11) is 0. The van der Waals surface area contributed by atoms with E-state index in [0.717, 1.165) is 16.9 Å². The Morgan fingerprint density at radius 2 is 1.57 bits per heavy atom. The summed E-state index contributed by atoms with van der Waals surface area (Å²) in [6.45, 7) is 0.458. The molecule has 0 aliphatic rings. The number of aromatic nitrogens is 1. The fourth-order valence-corrected chi connectivity index (χ4v) is 2.42. The molecule has 0 atom stereocenters. The van der Waals surface area contributed by atoms with Gasteiger partial charge in [0.25, 0.3) is 0 Å². The standard InChI is InChI=1S/C23H18N2O3/c24-13-16-27-21-8-4-20(5-9-21)23(26)10-3-18-1-6-22(7-2-18)28-17-19-11-14-25-15-12-19/h1-12,14-15H,16-17H2/b10-3+. The Labute approximate surface area is 163 Å². The first-order valence-electron chi connectivity index (χ1n) is 8.68. The smallest absolute Gasteiger partial charge is 0.185 e. The van der Waals surface area contributed by atoms with E-state index in [0.29, 0.717) is 17.9 Å². The van der Waals surface area contributed by atoms with Crippen LogP contribution in [0.1, 0.15) is 21.5 Å². The molecule has 0 saturated carbocycles. The second-order valence-electron chi connectivity index (χ2n) is 5.88. The summed E-state index contributed by atoms with van der Waals surface area (Å²) in [6.07, 6.45) is 6.75. The van der Waals surface area contributed by atoms with Crippen LogP contribution in [0.4, 0.5) is 0 Å². The maximum absolute atomic E-state index is 12.3. The van der Waals surface area contributed by atoms with Gasteiger partial charge in [-0.05, 0) is 65.7 Å². The van der Waals surface area contributed by atoms with E-state index in [9.17, 15) is 4.79 Å². The van der Waals surface area contributed by atoms with E-state index in [1.54, 1.807) is 42.7 Å². The zero-order valence-electron chi connectivity index (χ0n) is 15.1.